The van der Waals surface area contributed by atoms with Crippen LogP contribution in [0.4, 0.5) is 0 Å². The van der Waals surface area contributed by atoms with Crippen LogP contribution < -0.4 is 4.74 Å². The molecular weight excluding hydrogens is 196 g/mol. The van der Waals surface area contributed by atoms with Crippen molar-refractivity contribution >= 4 is 5.97 Å². The van der Waals surface area contributed by atoms with Crippen LogP contribution in [0, 0.1) is 0 Å². The Morgan fingerprint density at radius 2 is 2.33 bits per heavy atom. The number of aromatic nitrogens is 2. The molecule has 1 heterocycles. The van der Waals surface area contributed by atoms with Crippen LogP contribution in [0.3, 0.4) is 0 Å². The smallest absolute Gasteiger partial charge is 0.309 e. The quantitative estimate of drug-likeness (QED) is 0.798. The molecule has 1 aliphatic carbocycles. The largest absolute Gasteiger partial charge is 0.481 e. The first-order valence-corrected chi connectivity index (χ1v) is 4.82. The molecule has 0 unspecified atom stereocenters. The number of aliphatic carboxylic acids is 1. The minimum absolute atomic E-state index is 0.0847. The molecule has 0 amide bonds. The number of nitrogens with zero attached hydrogens (tertiary/aromatic N) is 2. The molecule has 0 aromatic carbocycles. The van der Waals surface area contributed by atoms with Crippen molar-refractivity contribution in [2.24, 2.45) is 0 Å². The zero-order valence-electron chi connectivity index (χ0n) is 8.43. The van der Waals surface area contributed by atoms with E-state index in [0.717, 1.165) is 12.8 Å². The Bertz CT molecular complexity index is 388. The summed E-state index contributed by atoms with van der Waals surface area (Å²) < 4.78 is 5.01. The summed E-state index contributed by atoms with van der Waals surface area (Å²) in [7, 11) is 1.52. The molecule has 0 bridgehead atoms. The van der Waals surface area contributed by atoms with Crippen molar-refractivity contribution in [3.8, 4) is 5.88 Å². The van der Waals surface area contributed by atoms with Gasteiger partial charge in [0.05, 0.1) is 19.2 Å². The number of hydrogen-bond acceptors (Lipinski definition) is 4. The lowest BCUT2D eigenvalue weighted by molar-refractivity contribution is -0.136. The van der Waals surface area contributed by atoms with Crippen LogP contribution in [0.1, 0.15) is 30.3 Å². The number of carboxylic acid groups (broad SMARTS) is 1. The highest BCUT2D eigenvalue weighted by molar-refractivity contribution is 5.69. The van der Waals surface area contributed by atoms with E-state index in [0.29, 0.717) is 23.3 Å². The average Bonchev–Trinajstić information content (AvgIpc) is 2.99. The van der Waals surface area contributed by atoms with Gasteiger partial charge in [0.15, 0.2) is 0 Å². The highest BCUT2D eigenvalue weighted by Crippen LogP contribution is 2.38. The first kappa shape index (κ1) is 9.89. The van der Waals surface area contributed by atoms with Crippen molar-refractivity contribution in [3.63, 3.8) is 0 Å². The summed E-state index contributed by atoms with van der Waals surface area (Å²) >= 11 is 0. The fraction of sp³-hybridized carbons (Fsp3) is 0.500. The third-order valence-corrected chi connectivity index (χ3v) is 2.26. The van der Waals surface area contributed by atoms with Crippen molar-refractivity contribution in [2.45, 2.75) is 25.2 Å². The van der Waals surface area contributed by atoms with E-state index in [1.54, 1.807) is 6.07 Å². The van der Waals surface area contributed by atoms with Crippen LogP contribution in [0.25, 0.3) is 0 Å². The van der Waals surface area contributed by atoms with Crippen molar-refractivity contribution in [3.05, 3.63) is 17.6 Å². The second-order valence-corrected chi connectivity index (χ2v) is 3.60. The molecule has 1 aromatic heterocycles. The number of hydrogen-bond donors (Lipinski definition) is 1. The van der Waals surface area contributed by atoms with Crippen LogP contribution >= 0.6 is 0 Å². The van der Waals surface area contributed by atoms with E-state index < -0.39 is 5.97 Å². The van der Waals surface area contributed by atoms with E-state index in [1.165, 1.54) is 7.11 Å². The van der Waals surface area contributed by atoms with Gasteiger partial charge in [-0.1, -0.05) is 0 Å². The lowest BCUT2D eigenvalue weighted by Crippen LogP contribution is -2.06. The van der Waals surface area contributed by atoms with Crippen LogP contribution in [-0.4, -0.2) is 28.2 Å². The van der Waals surface area contributed by atoms with Gasteiger partial charge < -0.3 is 9.84 Å². The van der Waals surface area contributed by atoms with Gasteiger partial charge in [0.1, 0.15) is 5.82 Å². The molecule has 1 aliphatic rings. The van der Waals surface area contributed by atoms with E-state index in [1.807, 2.05) is 0 Å². The summed E-state index contributed by atoms with van der Waals surface area (Å²) in [6, 6.07) is 1.57. The van der Waals surface area contributed by atoms with Crippen molar-refractivity contribution in [1.82, 2.24) is 9.97 Å². The van der Waals surface area contributed by atoms with Crippen LogP contribution in [0.2, 0.25) is 0 Å². The van der Waals surface area contributed by atoms with E-state index in [2.05, 4.69) is 9.97 Å². The van der Waals surface area contributed by atoms with Gasteiger partial charge in [-0.3, -0.25) is 4.79 Å². The first-order valence-electron chi connectivity index (χ1n) is 4.82. The predicted octanol–water partition coefficient (Wildman–Crippen LogP) is 0.990. The molecule has 80 valence electrons. The maximum atomic E-state index is 10.6. The van der Waals surface area contributed by atoms with Crippen LogP contribution in [0.15, 0.2) is 6.07 Å². The van der Waals surface area contributed by atoms with Crippen molar-refractivity contribution < 1.29 is 14.6 Å². The van der Waals surface area contributed by atoms with Gasteiger partial charge in [-0.2, -0.15) is 4.98 Å². The molecule has 1 saturated carbocycles. The molecule has 5 nitrogen and oxygen atoms in total. The molecule has 1 N–H and O–H groups in total. The van der Waals surface area contributed by atoms with E-state index >= 15 is 0 Å². The summed E-state index contributed by atoms with van der Waals surface area (Å²) in [5.74, 6) is 0.666. The fourth-order valence-corrected chi connectivity index (χ4v) is 1.37. The molecule has 0 spiro atoms. The molecular formula is C10H12N2O3. The Morgan fingerprint density at radius 1 is 1.60 bits per heavy atom. The fourth-order valence-electron chi connectivity index (χ4n) is 1.37. The van der Waals surface area contributed by atoms with Gasteiger partial charge in [0, 0.05) is 12.0 Å². The zero-order valence-corrected chi connectivity index (χ0v) is 8.43. The second kappa shape index (κ2) is 3.84. The van der Waals surface area contributed by atoms with Crippen LogP contribution in [-0.2, 0) is 11.2 Å². The number of rotatable bonds is 4. The Morgan fingerprint density at radius 3 is 2.87 bits per heavy atom. The Labute approximate surface area is 87.1 Å². The highest BCUT2D eigenvalue weighted by Gasteiger charge is 2.27. The standard InChI is InChI=1S/C10H12N2O3/c1-15-8-4-7(5-9(13)14)11-10(12-8)6-2-3-6/h4,6H,2-3,5H2,1H3,(H,13,14). The zero-order chi connectivity index (χ0) is 10.8. The van der Waals surface area contributed by atoms with E-state index in [4.69, 9.17) is 9.84 Å². The molecule has 0 atom stereocenters. The van der Waals surface area contributed by atoms with E-state index in [9.17, 15) is 4.79 Å². The minimum atomic E-state index is -0.891. The average molecular weight is 208 g/mol. The summed E-state index contributed by atoms with van der Waals surface area (Å²) in [4.78, 5) is 19.0. The third-order valence-electron chi connectivity index (χ3n) is 2.26. The number of methoxy groups -OCH3 is 1. The molecule has 2 rings (SSSR count). The SMILES string of the molecule is COc1cc(CC(=O)O)nc(C2CC2)n1. The van der Waals surface area contributed by atoms with Gasteiger partial charge in [0.2, 0.25) is 5.88 Å². The molecule has 15 heavy (non-hydrogen) atoms. The monoisotopic (exact) mass is 208 g/mol. The van der Waals surface area contributed by atoms with Gasteiger partial charge in [-0.05, 0) is 12.8 Å². The van der Waals surface area contributed by atoms with Crippen molar-refractivity contribution in [1.29, 1.82) is 0 Å². The topological polar surface area (TPSA) is 72.3 Å². The van der Waals surface area contributed by atoms with Gasteiger partial charge in [-0.25, -0.2) is 4.98 Å². The Hall–Kier alpha value is -1.65. The van der Waals surface area contributed by atoms with Gasteiger partial charge >= 0.3 is 5.97 Å². The molecule has 5 heteroatoms. The van der Waals surface area contributed by atoms with E-state index in [-0.39, 0.29) is 6.42 Å². The molecule has 0 aliphatic heterocycles. The number of carboxylic acids is 1. The van der Waals surface area contributed by atoms with Crippen LogP contribution in [0.5, 0.6) is 5.88 Å². The molecule has 1 aromatic rings. The Balaban J connectivity index is 2.28. The minimum Gasteiger partial charge on any atom is -0.481 e. The third kappa shape index (κ3) is 2.43. The second-order valence-electron chi connectivity index (χ2n) is 3.60. The van der Waals surface area contributed by atoms with Crippen molar-refractivity contribution in [2.75, 3.05) is 7.11 Å². The molecule has 1 fully saturated rings. The number of carbonyl (C=O) groups is 1. The molecule has 0 radical (unpaired) electrons. The summed E-state index contributed by atoms with van der Waals surface area (Å²) in [6.45, 7) is 0. The summed E-state index contributed by atoms with van der Waals surface area (Å²) in [6.07, 6.45) is 2.08. The Kier molecular flexibility index (Phi) is 2.53. The maximum Gasteiger partial charge on any atom is 0.309 e. The van der Waals surface area contributed by atoms with Gasteiger partial charge in [-0.15, -0.1) is 0 Å². The summed E-state index contributed by atoms with van der Waals surface area (Å²) in [5.41, 5.74) is 0.510. The normalized spacial score (nSPS) is 15.0. The maximum absolute atomic E-state index is 10.6. The van der Waals surface area contributed by atoms with Gasteiger partial charge in [0.25, 0.3) is 0 Å². The molecule has 0 saturated heterocycles. The summed E-state index contributed by atoms with van der Waals surface area (Å²) in [5, 5.41) is 8.67. The number of ether oxygens (including phenoxy) is 1. The predicted molar refractivity (Wildman–Crippen MR) is 51.9 cm³/mol. The lowest BCUT2D eigenvalue weighted by Gasteiger charge is -2.04. The first-order chi connectivity index (χ1) is 7.19. The lowest BCUT2D eigenvalue weighted by atomic mass is 10.3. The highest BCUT2D eigenvalue weighted by atomic mass is 16.5.